The van der Waals surface area contributed by atoms with Crippen LogP contribution in [-0.2, 0) is 0 Å². The molecule has 0 aliphatic heterocycles. The van der Waals surface area contributed by atoms with E-state index in [2.05, 4.69) is 21.2 Å². The minimum absolute atomic E-state index is 0.114. The molecule has 0 bridgehead atoms. The van der Waals surface area contributed by atoms with Crippen LogP contribution in [0.1, 0.15) is 36.2 Å². The second-order valence-corrected chi connectivity index (χ2v) is 5.06. The van der Waals surface area contributed by atoms with Gasteiger partial charge in [-0.2, -0.15) is 0 Å². The minimum atomic E-state index is -0.114. The van der Waals surface area contributed by atoms with Crippen molar-refractivity contribution < 1.29 is 9.21 Å². The molecular weight excluding hydrogens is 270 g/mol. The molecule has 1 N–H and O–H groups in total. The highest BCUT2D eigenvalue weighted by Crippen LogP contribution is 2.38. The van der Waals surface area contributed by atoms with E-state index in [9.17, 15) is 4.79 Å². The van der Waals surface area contributed by atoms with Crippen LogP contribution in [0.2, 0.25) is 0 Å². The number of hydrogen-bond acceptors (Lipinski definition) is 2. The second kappa shape index (κ2) is 5.04. The summed E-state index contributed by atoms with van der Waals surface area (Å²) in [5, 5.41) is 3.91. The largest absolute Gasteiger partial charge is 0.459 e. The van der Waals surface area contributed by atoms with E-state index in [1.165, 1.54) is 31.9 Å². The summed E-state index contributed by atoms with van der Waals surface area (Å²) >= 11 is 3.56. The van der Waals surface area contributed by atoms with Crippen LogP contribution in [-0.4, -0.2) is 17.8 Å². The molecule has 1 saturated carbocycles. The lowest BCUT2D eigenvalue weighted by atomic mass is 9.89. The summed E-state index contributed by atoms with van der Waals surface area (Å²) in [6.45, 7) is 0.734. The van der Waals surface area contributed by atoms with Crippen molar-refractivity contribution in [3.05, 3.63) is 24.2 Å². The summed E-state index contributed by atoms with van der Waals surface area (Å²) in [4.78, 5) is 11.7. The van der Waals surface area contributed by atoms with Gasteiger partial charge in [0.2, 0.25) is 0 Å². The molecule has 0 radical (unpaired) electrons. The van der Waals surface area contributed by atoms with E-state index >= 15 is 0 Å². The van der Waals surface area contributed by atoms with Gasteiger partial charge >= 0.3 is 0 Å². The average molecular weight is 286 g/mol. The second-order valence-electron chi connectivity index (χ2n) is 4.50. The number of halogens is 1. The number of hydrogen-bond donors (Lipinski definition) is 1. The molecule has 0 saturated heterocycles. The van der Waals surface area contributed by atoms with Gasteiger partial charge in [-0.3, -0.25) is 4.79 Å². The predicted molar refractivity (Wildman–Crippen MR) is 65.7 cm³/mol. The Balaban J connectivity index is 1.89. The van der Waals surface area contributed by atoms with E-state index in [0.29, 0.717) is 5.76 Å². The van der Waals surface area contributed by atoms with E-state index in [-0.39, 0.29) is 11.3 Å². The SMILES string of the molecule is O=C(NCC1(CBr)CCCC1)c1ccco1. The molecule has 16 heavy (non-hydrogen) atoms. The number of rotatable bonds is 4. The number of amides is 1. The first kappa shape index (κ1) is 11.7. The van der Waals surface area contributed by atoms with E-state index in [1.54, 1.807) is 12.1 Å². The quantitative estimate of drug-likeness (QED) is 0.865. The normalized spacial score (nSPS) is 18.6. The summed E-state index contributed by atoms with van der Waals surface area (Å²) < 4.78 is 5.05. The van der Waals surface area contributed by atoms with E-state index in [4.69, 9.17) is 4.42 Å². The number of nitrogens with one attached hydrogen (secondary N) is 1. The Labute approximate surface area is 104 Å². The fourth-order valence-electron chi connectivity index (χ4n) is 2.25. The zero-order valence-electron chi connectivity index (χ0n) is 9.17. The van der Waals surface area contributed by atoms with Crippen LogP contribution < -0.4 is 5.32 Å². The first-order valence-electron chi connectivity index (χ1n) is 5.63. The first-order valence-corrected chi connectivity index (χ1v) is 6.76. The molecule has 1 aromatic rings. The third kappa shape index (κ3) is 2.48. The maximum Gasteiger partial charge on any atom is 0.286 e. The maximum absolute atomic E-state index is 11.7. The van der Waals surface area contributed by atoms with Crippen LogP contribution in [0.25, 0.3) is 0 Å². The molecule has 1 amide bonds. The fourth-order valence-corrected chi connectivity index (χ4v) is 3.00. The predicted octanol–water partition coefficient (Wildman–Crippen LogP) is 2.96. The standard InChI is InChI=1S/C12H16BrNO2/c13-8-12(5-1-2-6-12)9-14-11(15)10-4-3-7-16-10/h3-4,7H,1-2,5-6,8-9H2,(H,14,15). The van der Waals surface area contributed by atoms with Crippen LogP contribution >= 0.6 is 15.9 Å². The molecular formula is C12H16BrNO2. The smallest absolute Gasteiger partial charge is 0.286 e. The van der Waals surface area contributed by atoms with Crippen LogP contribution in [0.4, 0.5) is 0 Å². The van der Waals surface area contributed by atoms with Gasteiger partial charge in [-0.25, -0.2) is 0 Å². The topological polar surface area (TPSA) is 42.2 Å². The monoisotopic (exact) mass is 285 g/mol. The summed E-state index contributed by atoms with van der Waals surface area (Å²) in [5.41, 5.74) is 0.252. The molecule has 1 aliphatic rings. The van der Waals surface area contributed by atoms with Crippen molar-refractivity contribution >= 4 is 21.8 Å². The van der Waals surface area contributed by atoms with Crippen LogP contribution in [0.5, 0.6) is 0 Å². The Hall–Kier alpha value is -0.770. The molecule has 0 atom stereocenters. The highest BCUT2D eigenvalue weighted by atomic mass is 79.9. The van der Waals surface area contributed by atoms with Crippen molar-refractivity contribution in [1.82, 2.24) is 5.32 Å². The molecule has 1 aromatic heterocycles. The first-order chi connectivity index (χ1) is 7.76. The van der Waals surface area contributed by atoms with Crippen molar-refractivity contribution in [2.45, 2.75) is 25.7 Å². The molecule has 4 heteroatoms. The lowest BCUT2D eigenvalue weighted by Crippen LogP contribution is -2.36. The van der Waals surface area contributed by atoms with Gasteiger partial charge in [-0.1, -0.05) is 28.8 Å². The van der Waals surface area contributed by atoms with Crippen LogP contribution in [0.3, 0.4) is 0 Å². The summed E-state index contributed by atoms with van der Waals surface area (Å²) in [5.74, 6) is 0.278. The maximum atomic E-state index is 11.7. The van der Waals surface area contributed by atoms with Gasteiger partial charge in [0.15, 0.2) is 5.76 Å². The Morgan fingerprint density at radius 2 is 2.25 bits per heavy atom. The summed E-state index contributed by atoms with van der Waals surface area (Å²) in [6, 6.07) is 3.41. The molecule has 3 nitrogen and oxygen atoms in total. The minimum Gasteiger partial charge on any atom is -0.459 e. The van der Waals surface area contributed by atoms with E-state index in [0.717, 1.165) is 11.9 Å². The molecule has 1 fully saturated rings. The lowest BCUT2D eigenvalue weighted by Gasteiger charge is -2.26. The molecule has 0 spiro atoms. The Bertz CT molecular complexity index is 342. The number of carbonyl (C=O) groups is 1. The highest BCUT2D eigenvalue weighted by Gasteiger charge is 2.33. The van der Waals surface area contributed by atoms with Gasteiger partial charge in [0.1, 0.15) is 0 Å². The van der Waals surface area contributed by atoms with Crippen LogP contribution in [0.15, 0.2) is 22.8 Å². The third-order valence-corrected chi connectivity index (χ3v) is 4.51. The molecule has 2 rings (SSSR count). The average Bonchev–Trinajstić information content (AvgIpc) is 2.98. The molecule has 88 valence electrons. The van der Waals surface area contributed by atoms with Gasteiger partial charge in [-0.05, 0) is 30.4 Å². The van der Waals surface area contributed by atoms with Crippen molar-refractivity contribution in [2.24, 2.45) is 5.41 Å². The summed E-state index contributed by atoms with van der Waals surface area (Å²) in [7, 11) is 0. The number of furan rings is 1. The van der Waals surface area contributed by atoms with Gasteiger partial charge < -0.3 is 9.73 Å². The zero-order chi connectivity index (χ0) is 11.4. The van der Waals surface area contributed by atoms with Crippen molar-refractivity contribution in [2.75, 3.05) is 11.9 Å². The highest BCUT2D eigenvalue weighted by molar-refractivity contribution is 9.09. The Kier molecular flexibility index (Phi) is 3.69. The third-order valence-electron chi connectivity index (χ3n) is 3.32. The van der Waals surface area contributed by atoms with Crippen LogP contribution in [0, 0.1) is 5.41 Å². The van der Waals surface area contributed by atoms with Gasteiger partial charge in [0.25, 0.3) is 5.91 Å². The van der Waals surface area contributed by atoms with E-state index < -0.39 is 0 Å². The zero-order valence-corrected chi connectivity index (χ0v) is 10.8. The van der Waals surface area contributed by atoms with Gasteiger partial charge in [-0.15, -0.1) is 0 Å². The Morgan fingerprint density at radius 1 is 1.50 bits per heavy atom. The fraction of sp³-hybridized carbons (Fsp3) is 0.583. The summed E-state index contributed by atoms with van der Waals surface area (Å²) in [6.07, 6.45) is 6.43. The number of alkyl halides is 1. The molecule has 0 unspecified atom stereocenters. The van der Waals surface area contributed by atoms with Crippen molar-refractivity contribution in [3.8, 4) is 0 Å². The Morgan fingerprint density at radius 3 is 2.81 bits per heavy atom. The molecule has 1 aliphatic carbocycles. The number of carbonyl (C=O) groups excluding carboxylic acids is 1. The van der Waals surface area contributed by atoms with Crippen molar-refractivity contribution in [1.29, 1.82) is 0 Å². The molecule has 1 heterocycles. The lowest BCUT2D eigenvalue weighted by molar-refractivity contribution is 0.0907. The molecule has 0 aromatic carbocycles. The van der Waals surface area contributed by atoms with Gasteiger partial charge in [0, 0.05) is 11.9 Å². The van der Waals surface area contributed by atoms with E-state index in [1.807, 2.05) is 0 Å². The van der Waals surface area contributed by atoms with Gasteiger partial charge in [0.05, 0.1) is 6.26 Å². The van der Waals surface area contributed by atoms with Crippen molar-refractivity contribution in [3.63, 3.8) is 0 Å².